The summed E-state index contributed by atoms with van der Waals surface area (Å²) < 4.78 is 16.0. The first-order valence-corrected chi connectivity index (χ1v) is 5.88. The van der Waals surface area contributed by atoms with Crippen molar-refractivity contribution in [2.75, 3.05) is 20.3 Å². The molecule has 1 aromatic carbocycles. The topological polar surface area (TPSA) is 56.8 Å². The van der Waals surface area contributed by atoms with Gasteiger partial charge in [0.25, 0.3) is 5.91 Å². The highest BCUT2D eigenvalue weighted by atomic mass is 16.6. The SMILES string of the molecule is COC[C@H](C)NC(=O)[C@@H]1COc2ccccc2O1. The highest BCUT2D eigenvalue weighted by Crippen LogP contribution is 2.30. The predicted octanol–water partition coefficient (Wildman–Crippen LogP) is 0.977. The molecule has 5 nitrogen and oxygen atoms in total. The van der Waals surface area contributed by atoms with Crippen LogP contribution < -0.4 is 14.8 Å². The normalized spacial score (nSPS) is 19.1. The lowest BCUT2D eigenvalue weighted by molar-refractivity contribution is -0.131. The number of hydrogen-bond donors (Lipinski definition) is 1. The number of nitrogens with one attached hydrogen (secondary N) is 1. The molecule has 1 amide bonds. The number of carbonyl (C=O) groups is 1. The molecule has 0 aromatic heterocycles. The second kappa shape index (κ2) is 5.73. The zero-order valence-electron chi connectivity index (χ0n) is 10.5. The Morgan fingerprint density at radius 3 is 2.94 bits per heavy atom. The quantitative estimate of drug-likeness (QED) is 0.866. The molecule has 1 heterocycles. The average molecular weight is 251 g/mol. The van der Waals surface area contributed by atoms with E-state index in [2.05, 4.69) is 5.32 Å². The number of fused-ring (bicyclic) bond motifs is 1. The molecule has 2 rings (SSSR count). The van der Waals surface area contributed by atoms with E-state index in [1.807, 2.05) is 25.1 Å². The molecule has 1 aliphatic heterocycles. The van der Waals surface area contributed by atoms with Gasteiger partial charge in [0.15, 0.2) is 11.5 Å². The van der Waals surface area contributed by atoms with Crippen LogP contribution in [-0.4, -0.2) is 38.4 Å². The van der Waals surface area contributed by atoms with Gasteiger partial charge in [-0.15, -0.1) is 0 Å². The summed E-state index contributed by atoms with van der Waals surface area (Å²) in [7, 11) is 1.60. The lowest BCUT2D eigenvalue weighted by atomic mass is 10.2. The van der Waals surface area contributed by atoms with Crippen LogP contribution in [-0.2, 0) is 9.53 Å². The Morgan fingerprint density at radius 2 is 2.22 bits per heavy atom. The van der Waals surface area contributed by atoms with E-state index in [0.29, 0.717) is 18.1 Å². The number of para-hydroxylation sites is 2. The number of rotatable bonds is 4. The van der Waals surface area contributed by atoms with E-state index in [1.165, 1.54) is 0 Å². The molecule has 2 atom stereocenters. The maximum atomic E-state index is 11.9. The molecule has 0 radical (unpaired) electrons. The Labute approximate surface area is 106 Å². The van der Waals surface area contributed by atoms with Crippen molar-refractivity contribution in [3.63, 3.8) is 0 Å². The Bertz CT molecular complexity index is 421. The van der Waals surface area contributed by atoms with Crippen LogP contribution in [0.25, 0.3) is 0 Å². The van der Waals surface area contributed by atoms with Gasteiger partial charge >= 0.3 is 0 Å². The van der Waals surface area contributed by atoms with Crippen LogP contribution in [0.4, 0.5) is 0 Å². The Kier molecular flexibility index (Phi) is 4.04. The molecule has 0 saturated heterocycles. The van der Waals surface area contributed by atoms with Crippen molar-refractivity contribution in [3.8, 4) is 11.5 Å². The summed E-state index contributed by atoms with van der Waals surface area (Å²) in [6, 6.07) is 7.26. The van der Waals surface area contributed by atoms with E-state index in [0.717, 1.165) is 0 Å². The van der Waals surface area contributed by atoms with Crippen LogP contribution in [0, 0.1) is 0 Å². The Balaban J connectivity index is 1.94. The first-order chi connectivity index (χ1) is 8.70. The minimum atomic E-state index is -0.612. The van der Waals surface area contributed by atoms with Gasteiger partial charge in [-0.2, -0.15) is 0 Å². The predicted molar refractivity (Wildman–Crippen MR) is 65.8 cm³/mol. The van der Waals surface area contributed by atoms with Gasteiger partial charge < -0.3 is 19.5 Å². The van der Waals surface area contributed by atoms with Crippen molar-refractivity contribution in [1.82, 2.24) is 5.32 Å². The molecule has 1 aliphatic rings. The summed E-state index contributed by atoms with van der Waals surface area (Å²) in [5.74, 6) is 1.09. The van der Waals surface area contributed by atoms with E-state index >= 15 is 0 Å². The van der Waals surface area contributed by atoms with Crippen molar-refractivity contribution in [2.24, 2.45) is 0 Å². The Hall–Kier alpha value is -1.75. The summed E-state index contributed by atoms with van der Waals surface area (Å²) in [5.41, 5.74) is 0. The number of methoxy groups -OCH3 is 1. The van der Waals surface area contributed by atoms with Crippen LogP contribution in [0.15, 0.2) is 24.3 Å². The molecule has 98 valence electrons. The first-order valence-electron chi connectivity index (χ1n) is 5.88. The van der Waals surface area contributed by atoms with Crippen molar-refractivity contribution < 1.29 is 19.0 Å². The standard InChI is InChI=1S/C13H17NO4/c1-9(7-16-2)14-13(15)12-8-17-10-5-3-4-6-11(10)18-12/h3-6,9,12H,7-8H2,1-2H3,(H,14,15)/t9-,12-/m0/s1. The fraction of sp³-hybridized carbons (Fsp3) is 0.462. The van der Waals surface area contributed by atoms with E-state index in [1.54, 1.807) is 13.2 Å². The largest absolute Gasteiger partial charge is 0.485 e. The van der Waals surface area contributed by atoms with Gasteiger partial charge in [-0.25, -0.2) is 0 Å². The maximum Gasteiger partial charge on any atom is 0.264 e. The van der Waals surface area contributed by atoms with Crippen molar-refractivity contribution in [2.45, 2.75) is 19.1 Å². The monoisotopic (exact) mass is 251 g/mol. The zero-order valence-corrected chi connectivity index (χ0v) is 10.5. The van der Waals surface area contributed by atoms with Crippen molar-refractivity contribution >= 4 is 5.91 Å². The highest BCUT2D eigenvalue weighted by Gasteiger charge is 2.27. The third kappa shape index (κ3) is 2.92. The van der Waals surface area contributed by atoms with Crippen LogP contribution in [0.5, 0.6) is 11.5 Å². The molecule has 1 aromatic rings. The molecular formula is C13H17NO4. The lowest BCUT2D eigenvalue weighted by Gasteiger charge is -2.26. The minimum Gasteiger partial charge on any atom is -0.485 e. The molecule has 5 heteroatoms. The summed E-state index contributed by atoms with van der Waals surface area (Å²) in [5, 5.41) is 2.81. The number of hydrogen-bond acceptors (Lipinski definition) is 4. The molecule has 18 heavy (non-hydrogen) atoms. The Morgan fingerprint density at radius 1 is 1.50 bits per heavy atom. The number of amides is 1. The van der Waals surface area contributed by atoms with Gasteiger partial charge in [0.1, 0.15) is 6.61 Å². The molecule has 0 fully saturated rings. The van der Waals surface area contributed by atoms with E-state index < -0.39 is 6.10 Å². The zero-order chi connectivity index (χ0) is 13.0. The molecular weight excluding hydrogens is 234 g/mol. The fourth-order valence-electron chi connectivity index (χ4n) is 1.78. The molecule has 0 spiro atoms. The lowest BCUT2D eigenvalue weighted by Crippen LogP contribution is -2.47. The number of ether oxygens (including phenoxy) is 3. The van der Waals surface area contributed by atoms with E-state index in [9.17, 15) is 4.79 Å². The average Bonchev–Trinajstić information content (AvgIpc) is 2.38. The third-order valence-electron chi connectivity index (χ3n) is 2.61. The number of carbonyl (C=O) groups excluding carboxylic acids is 1. The van der Waals surface area contributed by atoms with Gasteiger partial charge in [-0.1, -0.05) is 12.1 Å². The van der Waals surface area contributed by atoms with Gasteiger partial charge in [0, 0.05) is 13.2 Å². The second-order valence-corrected chi connectivity index (χ2v) is 4.23. The van der Waals surface area contributed by atoms with Crippen molar-refractivity contribution in [3.05, 3.63) is 24.3 Å². The summed E-state index contributed by atoms with van der Waals surface area (Å²) in [6.45, 7) is 2.57. The van der Waals surface area contributed by atoms with Crippen LogP contribution >= 0.6 is 0 Å². The summed E-state index contributed by atoms with van der Waals surface area (Å²) in [4.78, 5) is 11.9. The van der Waals surface area contributed by atoms with Crippen LogP contribution in [0.1, 0.15) is 6.92 Å². The van der Waals surface area contributed by atoms with Crippen LogP contribution in [0.2, 0.25) is 0 Å². The molecule has 0 saturated carbocycles. The van der Waals surface area contributed by atoms with Gasteiger partial charge in [-0.3, -0.25) is 4.79 Å². The van der Waals surface area contributed by atoms with E-state index in [-0.39, 0.29) is 18.6 Å². The number of benzene rings is 1. The van der Waals surface area contributed by atoms with Gasteiger partial charge in [-0.05, 0) is 19.1 Å². The molecule has 0 aliphatic carbocycles. The third-order valence-corrected chi connectivity index (χ3v) is 2.61. The van der Waals surface area contributed by atoms with Crippen molar-refractivity contribution in [1.29, 1.82) is 0 Å². The molecule has 0 unspecified atom stereocenters. The second-order valence-electron chi connectivity index (χ2n) is 4.23. The molecule has 1 N–H and O–H groups in total. The summed E-state index contributed by atoms with van der Waals surface area (Å²) in [6.07, 6.45) is -0.612. The summed E-state index contributed by atoms with van der Waals surface area (Å²) >= 11 is 0. The van der Waals surface area contributed by atoms with Gasteiger partial charge in [0.2, 0.25) is 6.10 Å². The van der Waals surface area contributed by atoms with Gasteiger partial charge in [0.05, 0.1) is 6.61 Å². The maximum absolute atomic E-state index is 11.9. The molecule has 0 bridgehead atoms. The smallest absolute Gasteiger partial charge is 0.264 e. The first kappa shape index (κ1) is 12.7. The van der Waals surface area contributed by atoms with E-state index in [4.69, 9.17) is 14.2 Å². The fourth-order valence-corrected chi connectivity index (χ4v) is 1.78. The minimum absolute atomic E-state index is 0.0525. The van der Waals surface area contributed by atoms with Crippen LogP contribution in [0.3, 0.4) is 0 Å². The highest BCUT2D eigenvalue weighted by molar-refractivity contribution is 5.82.